The highest BCUT2D eigenvalue weighted by molar-refractivity contribution is 6.32. The molecule has 1 aliphatic rings. The molecule has 1 aliphatic heterocycles. The van der Waals surface area contributed by atoms with Crippen molar-refractivity contribution in [3.63, 3.8) is 0 Å². The predicted octanol–water partition coefficient (Wildman–Crippen LogP) is 2.06. The fourth-order valence-electron chi connectivity index (χ4n) is 2.40. The molecule has 132 valence electrons. The van der Waals surface area contributed by atoms with Gasteiger partial charge in [-0.1, -0.05) is 18.5 Å². The number of hydrogen-bond donors (Lipinski definition) is 1. The first-order chi connectivity index (χ1) is 11.5. The summed E-state index contributed by atoms with van der Waals surface area (Å²) >= 11 is 6.21. The fraction of sp³-hybridized carbons (Fsp3) is 0.500. The summed E-state index contributed by atoms with van der Waals surface area (Å²) < 4.78 is 16.0. The topological polar surface area (TPSA) is 85.3 Å². The Morgan fingerprint density at radius 2 is 2.21 bits per heavy atom. The second-order valence-electron chi connectivity index (χ2n) is 5.27. The number of benzene rings is 1. The van der Waals surface area contributed by atoms with E-state index in [0.29, 0.717) is 18.1 Å². The Bertz CT molecular complexity index is 621. The Kier molecular flexibility index (Phi) is 6.28. The van der Waals surface area contributed by atoms with Crippen LogP contribution in [0.25, 0.3) is 0 Å². The molecular formula is C16H20ClNO6. The Morgan fingerprint density at radius 3 is 2.83 bits per heavy atom. The number of rotatable bonds is 6. The van der Waals surface area contributed by atoms with Crippen LogP contribution in [0, 0.1) is 0 Å². The first-order valence-electron chi connectivity index (χ1n) is 7.61. The molecule has 0 aliphatic carbocycles. The van der Waals surface area contributed by atoms with Crippen LogP contribution in [0.1, 0.15) is 23.7 Å². The van der Waals surface area contributed by atoms with Gasteiger partial charge in [0.2, 0.25) is 0 Å². The minimum Gasteiger partial charge on any atom is -0.493 e. The molecule has 7 nitrogen and oxygen atoms in total. The predicted molar refractivity (Wildman–Crippen MR) is 87.1 cm³/mol. The number of ether oxygens (including phenoxy) is 3. The molecule has 1 saturated heterocycles. The number of methoxy groups -OCH3 is 1. The van der Waals surface area contributed by atoms with Crippen molar-refractivity contribution in [3.8, 4) is 11.5 Å². The number of carboxylic acids is 1. The van der Waals surface area contributed by atoms with E-state index in [1.165, 1.54) is 24.1 Å². The van der Waals surface area contributed by atoms with Crippen molar-refractivity contribution < 1.29 is 28.9 Å². The molecule has 0 aromatic heterocycles. The minimum atomic E-state index is -1.11. The summed E-state index contributed by atoms with van der Waals surface area (Å²) in [7, 11) is 1.45. The summed E-state index contributed by atoms with van der Waals surface area (Å²) in [5.74, 6) is -0.842. The van der Waals surface area contributed by atoms with Crippen molar-refractivity contribution >= 4 is 23.5 Å². The highest BCUT2D eigenvalue weighted by atomic mass is 35.5. The third-order valence-electron chi connectivity index (χ3n) is 3.60. The number of carbonyl (C=O) groups is 2. The molecule has 24 heavy (non-hydrogen) atoms. The zero-order valence-electron chi connectivity index (χ0n) is 13.6. The lowest BCUT2D eigenvalue weighted by Gasteiger charge is -2.33. The molecule has 1 atom stereocenters. The van der Waals surface area contributed by atoms with Crippen LogP contribution in [0.2, 0.25) is 5.02 Å². The summed E-state index contributed by atoms with van der Waals surface area (Å²) in [6.45, 7) is 2.88. The van der Waals surface area contributed by atoms with Gasteiger partial charge in [-0.05, 0) is 18.6 Å². The summed E-state index contributed by atoms with van der Waals surface area (Å²) in [4.78, 5) is 25.3. The van der Waals surface area contributed by atoms with Crippen LogP contribution in [0.4, 0.5) is 0 Å². The highest BCUT2D eigenvalue weighted by Gasteiger charge is 2.33. The van der Waals surface area contributed by atoms with Gasteiger partial charge >= 0.3 is 5.97 Å². The van der Waals surface area contributed by atoms with Crippen LogP contribution in [-0.2, 0) is 9.53 Å². The van der Waals surface area contributed by atoms with Gasteiger partial charge in [-0.2, -0.15) is 0 Å². The minimum absolute atomic E-state index is 0.0381. The number of amides is 1. The number of halogens is 1. The Hall–Kier alpha value is -1.99. The van der Waals surface area contributed by atoms with Gasteiger partial charge < -0.3 is 24.2 Å². The number of hydrogen-bond acceptors (Lipinski definition) is 5. The molecule has 1 amide bonds. The molecule has 0 spiro atoms. The number of carbonyl (C=O) groups excluding carboxylic acids is 1. The Morgan fingerprint density at radius 1 is 1.46 bits per heavy atom. The van der Waals surface area contributed by atoms with Crippen molar-refractivity contribution in [2.45, 2.75) is 19.4 Å². The standard InChI is InChI=1S/C16H20ClNO6/c1-3-5-24-14-11(17)7-10(8-13(14)22-2)15(19)18-4-6-23-9-12(18)16(20)21/h7-8,12H,3-6,9H2,1-2H3,(H,20,21). The van der Waals surface area contributed by atoms with Crippen LogP contribution in [0.5, 0.6) is 11.5 Å². The van der Waals surface area contributed by atoms with E-state index < -0.39 is 17.9 Å². The summed E-state index contributed by atoms with van der Waals surface area (Å²) in [6.07, 6.45) is 0.800. The van der Waals surface area contributed by atoms with E-state index in [0.717, 1.165) is 6.42 Å². The molecule has 8 heteroatoms. The molecule has 1 N–H and O–H groups in total. The van der Waals surface area contributed by atoms with E-state index in [-0.39, 0.29) is 30.3 Å². The maximum absolute atomic E-state index is 12.7. The smallest absolute Gasteiger partial charge is 0.328 e. The van der Waals surface area contributed by atoms with Gasteiger partial charge in [0.1, 0.15) is 0 Å². The van der Waals surface area contributed by atoms with Crippen LogP contribution in [0.15, 0.2) is 12.1 Å². The maximum Gasteiger partial charge on any atom is 0.328 e. The first-order valence-corrected chi connectivity index (χ1v) is 7.99. The first kappa shape index (κ1) is 18.4. The Balaban J connectivity index is 2.31. The van der Waals surface area contributed by atoms with E-state index in [4.69, 9.17) is 25.8 Å². The van der Waals surface area contributed by atoms with Crippen LogP contribution in [0.3, 0.4) is 0 Å². The van der Waals surface area contributed by atoms with E-state index in [2.05, 4.69) is 0 Å². The summed E-state index contributed by atoms with van der Waals surface area (Å²) in [6, 6.07) is 1.95. The van der Waals surface area contributed by atoms with Gasteiger partial charge in [0.25, 0.3) is 5.91 Å². The van der Waals surface area contributed by atoms with E-state index >= 15 is 0 Å². The molecule has 1 fully saturated rings. The Labute approximate surface area is 145 Å². The van der Waals surface area contributed by atoms with Crippen molar-refractivity contribution in [2.75, 3.05) is 33.5 Å². The van der Waals surface area contributed by atoms with Gasteiger partial charge in [-0.3, -0.25) is 4.79 Å². The van der Waals surface area contributed by atoms with Crippen molar-refractivity contribution in [2.24, 2.45) is 0 Å². The SMILES string of the molecule is CCCOc1c(Cl)cc(C(=O)N2CCOCC2C(=O)O)cc1OC. The second kappa shape index (κ2) is 8.21. The van der Waals surface area contributed by atoms with Gasteiger partial charge in [-0.25, -0.2) is 4.79 Å². The van der Waals surface area contributed by atoms with Crippen LogP contribution < -0.4 is 9.47 Å². The lowest BCUT2D eigenvalue weighted by Crippen LogP contribution is -2.52. The zero-order valence-corrected chi connectivity index (χ0v) is 14.3. The molecule has 0 saturated carbocycles. The van der Waals surface area contributed by atoms with E-state index in [9.17, 15) is 14.7 Å². The van der Waals surface area contributed by atoms with Gasteiger partial charge in [-0.15, -0.1) is 0 Å². The third kappa shape index (κ3) is 3.91. The molecular weight excluding hydrogens is 338 g/mol. The van der Waals surface area contributed by atoms with Crippen molar-refractivity contribution in [3.05, 3.63) is 22.7 Å². The molecule has 1 heterocycles. The summed E-state index contributed by atoms with van der Waals surface area (Å²) in [5.41, 5.74) is 0.244. The molecule has 1 aromatic carbocycles. The molecule has 1 unspecified atom stereocenters. The lowest BCUT2D eigenvalue weighted by molar-refractivity contribution is -0.147. The van der Waals surface area contributed by atoms with E-state index in [1.807, 2.05) is 6.92 Å². The van der Waals surface area contributed by atoms with E-state index in [1.54, 1.807) is 0 Å². The van der Waals surface area contributed by atoms with Gasteiger partial charge in [0.15, 0.2) is 17.5 Å². The van der Waals surface area contributed by atoms with Crippen LogP contribution >= 0.6 is 11.6 Å². The molecule has 0 bridgehead atoms. The normalized spacial score (nSPS) is 17.5. The van der Waals surface area contributed by atoms with Crippen LogP contribution in [-0.4, -0.2) is 61.4 Å². The molecule has 1 aromatic rings. The third-order valence-corrected chi connectivity index (χ3v) is 3.88. The number of aliphatic carboxylic acids is 1. The van der Waals surface area contributed by atoms with Gasteiger partial charge in [0.05, 0.1) is 32.0 Å². The number of morpholine rings is 1. The zero-order chi connectivity index (χ0) is 17.7. The lowest BCUT2D eigenvalue weighted by atomic mass is 10.1. The molecule has 0 radical (unpaired) electrons. The maximum atomic E-state index is 12.7. The van der Waals surface area contributed by atoms with Gasteiger partial charge in [0, 0.05) is 12.1 Å². The van der Waals surface area contributed by atoms with Crippen molar-refractivity contribution in [1.29, 1.82) is 0 Å². The largest absolute Gasteiger partial charge is 0.493 e. The highest BCUT2D eigenvalue weighted by Crippen LogP contribution is 2.37. The average Bonchev–Trinajstić information content (AvgIpc) is 2.59. The van der Waals surface area contributed by atoms with Crippen molar-refractivity contribution in [1.82, 2.24) is 4.90 Å². The molecule has 2 rings (SSSR count). The second-order valence-corrected chi connectivity index (χ2v) is 5.67. The fourth-order valence-corrected chi connectivity index (χ4v) is 2.67. The number of carboxylic acid groups (broad SMARTS) is 1. The monoisotopic (exact) mass is 357 g/mol. The number of nitrogens with zero attached hydrogens (tertiary/aromatic N) is 1. The average molecular weight is 358 g/mol. The summed E-state index contributed by atoms with van der Waals surface area (Å²) in [5, 5.41) is 9.50. The quantitative estimate of drug-likeness (QED) is 0.838.